The number of imidazole rings is 1. The summed E-state index contributed by atoms with van der Waals surface area (Å²) in [6, 6.07) is 4.69. The molecule has 88 valence electrons. The van der Waals surface area contributed by atoms with Gasteiger partial charge in [-0.1, -0.05) is 0 Å². The smallest absolute Gasteiger partial charge is 0.160 e. The van der Waals surface area contributed by atoms with Gasteiger partial charge in [0.25, 0.3) is 0 Å². The molecular formula is C12H15N5. The van der Waals surface area contributed by atoms with Crippen molar-refractivity contribution in [1.29, 1.82) is 0 Å². The van der Waals surface area contributed by atoms with Gasteiger partial charge in [-0.15, -0.1) is 5.10 Å². The Morgan fingerprint density at radius 2 is 2.24 bits per heavy atom. The minimum atomic E-state index is 0.701. The van der Waals surface area contributed by atoms with Gasteiger partial charge in [0.1, 0.15) is 5.82 Å². The first-order valence-corrected chi connectivity index (χ1v) is 5.89. The lowest BCUT2D eigenvalue weighted by Crippen LogP contribution is -2.16. The first kappa shape index (κ1) is 10.4. The SMILES string of the molecule is Cc1nccn1-c1ccc(CNC2CC2)nn1. The number of rotatable bonds is 4. The molecule has 2 heterocycles. The summed E-state index contributed by atoms with van der Waals surface area (Å²) >= 11 is 0. The Morgan fingerprint density at radius 1 is 1.35 bits per heavy atom. The third kappa shape index (κ3) is 2.34. The first-order chi connectivity index (χ1) is 8.33. The largest absolute Gasteiger partial charge is 0.308 e. The standard InChI is InChI=1S/C12H15N5/c1-9-13-6-7-17(9)12-5-4-11(15-16-12)8-14-10-2-3-10/h4-7,10,14H,2-3,8H2,1H3. The van der Waals surface area contributed by atoms with Gasteiger partial charge in [0, 0.05) is 25.0 Å². The average molecular weight is 229 g/mol. The second kappa shape index (κ2) is 4.25. The molecule has 0 aliphatic heterocycles. The van der Waals surface area contributed by atoms with Crippen molar-refractivity contribution < 1.29 is 0 Å². The summed E-state index contributed by atoms with van der Waals surface area (Å²) in [7, 11) is 0. The van der Waals surface area contributed by atoms with E-state index in [1.54, 1.807) is 6.20 Å². The minimum absolute atomic E-state index is 0.701. The third-order valence-corrected chi connectivity index (χ3v) is 2.93. The van der Waals surface area contributed by atoms with E-state index in [9.17, 15) is 0 Å². The predicted octanol–water partition coefficient (Wildman–Crippen LogP) is 1.22. The minimum Gasteiger partial charge on any atom is -0.308 e. The zero-order chi connectivity index (χ0) is 11.7. The van der Waals surface area contributed by atoms with Crippen molar-refractivity contribution in [2.45, 2.75) is 32.4 Å². The van der Waals surface area contributed by atoms with Crippen LogP contribution in [0.5, 0.6) is 0 Å². The van der Waals surface area contributed by atoms with Gasteiger partial charge < -0.3 is 5.32 Å². The fraction of sp³-hybridized carbons (Fsp3) is 0.417. The second-order valence-corrected chi connectivity index (χ2v) is 4.38. The third-order valence-electron chi connectivity index (χ3n) is 2.93. The number of nitrogens with zero attached hydrogens (tertiary/aromatic N) is 4. The predicted molar refractivity (Wildman–Crippen MR) is 63.8 cm³/mol. The fourth-order valence-corrected chi connectivity index (χ4v) is 1.73. The topological polar surface area (TPSA) is 55.6 Å². The summed E-state index contributed by atoms with van der Waals surface area (Å²) in [5, 5.41) is 11.8. The normalized spacial score (nSPS) is 15.1. The Hall–Kier alpha value is -1.75. The number of aromatic nitrogens is 4. The summed E-state index contributed by atoms with van der Waals surface area (Å²) in [6.45, 7) is 2.76. The average Bonchev–Trinajstić information content (AvgIpc) is 3.09. The van der Waals surface area contributed by atoms with Crippen LogP contribution in [0.3, 0.4) is 0 Å². The van der Waals surface area contributed by atoms with Crippen molar-refractivity contribution in [3.63, 3.8) is 0 Å². The lowest BCUT2D eigenvalue weighted by molar-refractivity contribution is 0.663. The van der Waals surface area contributed by atoms with E-state index in [1.165, 1.54) is 12.8 Å². The molecule has 0 radical (unpaired) electrons. The Morgan fingerprint density at radius 3 is 2.82 bits per heavy atom. The van der Waals surface area contributed by atoms with E-state index in [1.807, 2.05) is 29.8 Å². The fourth-order valence-electron chi connectivity index (χ4n) is 1.73. The summed E-state index contributed by atoms with van der Waals surface area (Å²) in [4.78, 5) is 4.17. The van der Waals surface area contributed by atoms with Gasteiger partial charge in [-0.2, -0.15) is 5.10 Å². The number of aryl methyl sites for hydroxylation is 1. The van der Waals surface area contributed by atoms with Gasteiger partial charge in [0.2, 0.25) is 0 Å². The van der Waals surface area contributed by atoms with E-state index in [4.69, 9.17) is 0 Å². The molecule has 3 rings (SSSR count). The van der Waals surface area contributed by atoms with Crippen LogP contribution in [0.2, 0.25) is 0 Å². The van der Waals surface area contributed by atoms with Crippen molar-refractivity contribution in [2.75, 3.05) is 0 Å². The van der Waals surface area contributed by atoms with E-state index in [2.05, 4.69) is 20.5 Å². The van der Waals surface area contributed by atoms with Gasteiger partial charge in [-0.25, -0.2) is 4.98 Å². The van der Waals surface area contributed by atoms with Crippen LogP contribution >= 0.6 is 0 Å². The molecule has 2 aromatic rings. The van der Waals surface area contributed by atoms with Gasteiger partial charge in [-0.3, -0.25) is 4.57 Å². The molecule has 2 aromatic heterocycles. The Kier molecular flexibility index (Phi) is 2.60. The van der Waals surface area contributed by atoms with Crippen LogP contribution < -0.4 is 5.32 Å². The molecular weight excluding hydrogens is 214 g/mol. The van der Waals surface area contributed by atoms with E-state index >= 15 is 0 Å². The highest BCUT2D eigenvalue weighted by Gasteiger charge is 2.20. The van der Waals surface area contributed by atoms with E-state index < -0.39 is 0 Å². The molecule has 0 amide bonds. The lowest BCUT2D eigenvalue weighted by Gasteiger charge is -2.05. The van der Waals surface area contributed by atoms with Crippen molar-refractivity contribution in [2.24, 2.45) is 0 Å². The molecule has 0 saturated heterocycles. The van der Waals surface area contributed by atoms with Crippen molar-refractivity contribution in [3.05, 3.63) is 36.0 Å². The van der Waals surface area contributed by atoms with Crippen LogP contribution in [-0.4, -0.2) is 25.8 Å². The summed E-state index contributed by atoms with van der Waals surface area (Å²) < 4.78 is 1.92. The maximum atomic E-state index is 4.21. The molecule has 1 fully saturated rings. The highest BCUT2D eigenvalue weighted by atomic mass is 15.2. The molecule has 17 heavy (non-hydrogen) atoms. The molecule has 1 aliphatic carbocycles. The monoisotopic (exact) mass is 229 g/mol. The Labute approximate surface area is 99.9 Å². The van der Waals surface area contributed by atoms with Crippen molar-refractivity contribution in [3.8, 4) is 5.82 Å². The van der Waals surface area contributed by atoms with E-state index in [0.29, 0.717) is 6.04 Å². The zero-order valence-electron chi connectivity index (χ0n) is 9.80. The lowest BCUT2D eigenvalue weighted by atomic mass is 10.3. The molecule has 1 N–H and O–H groups in total. The second-order valence-electron chi connectivity index (χ2n) is 4.38. The molecule has 0 unspecified atom stereocenters. The zero-order valence-corrected chi connectivity index (χ0v) is 9.80. The number of nitrogens with one attached hydrogen (secondary N) is 1. The van der Waals surface area contributed by atoms with Gasteiger partial charge in [0.15, 0.2) is 5.82 Å². The molecule has 0 aromatic carbocycles. The molecule has 5 nitrogen and oxygen atoms in total. The quantitative estimate of drug-likeness (QED) is 0.856. The van der Waals surface area contributed by atoms with Crippen molar-refractivity contribution in [1.82, 2.24) is 25.1 Å². The van der Waals surface area contributed by atoms with E-state index in [0.717, 1.165) is 23.9 Å². The maximum Gasteiger partial charge on any atom is 0.160 e. The van der Waals surface area contributed by atoms with Crippen LogP contribution in [0.1, 0.15) is 24.4 Å². The van der Waals surface area contributed by atoms with Crippen LogP contribution in [0.25, 0.3) is 5.82 Å². The summed E-state index contributed by atoms with van der Waals surface area (Å²) in [6.07, 6.45) is 6.24. The molecule has 0 bridgehead atoms. The Balaban J connectivity index is 1.72. The van der Waals surface area contributed by atoms with Crippen LogP contribution in [0.4, 0.5) is 0 Å². The molecule has 5 heteroatoms. The van der Waals surface area contributed by atoms with E-state index in [-0.39, 0.29) is 0 Å². The Bertz CT molecular complexity index is 498. The first-order valence-electron chi connectivity index (χ1n) is 5.89. The van der Waals surface area contributed by atoms with Gasteiger partial charge in [0.05, 0.1) is 5.69 Å². The number of hydrogen-bond donors (Lipinski definition) is 1. The highest BCUT2D eigenvalue weighted by molar-refractivity contribution is 5.23. The van der Waals surface area contributed by atoms with Gasteiger partial charge >= 0.3 is 0 Å². The maximum absolute atomic E-state index is 4.21. The number of hydrogen-bond acceptors (Lipinski definition) is 4. The molecule has 0 atom stereocenters. The summed E-state index contributed by atoms with van der Waals surface area (Å²) in [5.74, 6) is 1.73. The summed E-state index contributed by atoms with van der Waals surface area (Å²) in [5.41, 5.74) is 0.985. The van der Waals surface area contributed by atoms with Gasteiger partial charge in [-0.05, 0) is 31.9 Å². The molecule has 0 spiro atoms. The molecule has 1 saturated carbocycles. The van der Waals surface area contributed by atoms with Crippen molar-refractivity contribution >= 4 is 0 Å². The van der Waals surface area contributed by atoms with Crippen LogP contribution in [0, 0.1) is 6.92 Å². The van der Waals surface area contributed by atoms with Crippen LogP contribution in [-0.2, 0) is 6.54 Å². The highest BCUT2D eigenvalue weighted by Crippen LogP contribution is 2.19. The van der Waals surface area contributed by atoms with Crippen LogP contribution in [0.15, 0.2) is 24.5 Å². The molecule has 1 aliphatic rings.